The molecule has 0 radical (unpaired) electrons. The van der Waals surface area contributed by atoms with Crippen LogP contribution in [0.5, 0.6) is 0 Å². The minimum atomic E-state index is 0.338. The zero-order valence-electron chi connectivity index (χ0n) is 8.25. The molecular formula is C11H12ClNS. The average Bonchev–Trinajstić information content (AvgIpc) is 2.20. The molecule has 0 aliphatic carbocycles. The minimum absolute atomic E-state index is 0.338. The van der Waals surface area contributed by atoms with Crippen LogP contribution in [0.3, 0.4) is 0 Å². The van der Waals surface area contributed by atoms with Gasteiger partial charge in [0.05, 0.1) is 5.56 Å². The normalized spacial score (nSPS) is 12.1. The van der Waals surface area contributed by atoms with Crippen molar-refractivity contribution in [2.24, 2.45) is 0 Å². The average molecular weight is 226 g/mol. The fraction of sp³-hybridized carbons (Fsp3) is 0.364. The Balaban J connectivity index is 3.00. The highest BCUT2D eigenvalue weighted by Gasteiger charge is 2.09. The summed E-state index contributed by atoms with van der Waals surface area (Å²) in [5.74, 6) is 0.601. The van der Waals surface area contributed by atoms with Gasteiger partial charge in [-0.2, -0.15) is 5.26 Å². The summed E-state index contributed by atoms with van der Waals surface area (Å²) in [5, 5.41) is 9.27. The molecule has 1 nitrogen and oxygen atoms in total. The van der Waals surface area contributed by atoms with E-state index < -0.39 is 0 Å². The van der Waals surface area contributed by atoms with Crippen LogP contribution >= 0.6 is 23.4 Å². The Morgan fingerprint density at radius 2 is 2.29 bits per heavy atom. The standard InChI is InChI=1S/C11H12ClNS/c1-8-4-3-5-10(7-13)11(8)14-9(2)6-12/h3-5,9H,6H2,1-2H3. The zero-order valence-corrected chi connectivity index (χ0v) is 9.82. The minimum Gasteiger partial charge on any atom is -0.192 e. The predicted octanol–water partition coefficient (Wildman–Crippen LogP) is 3.59. The lowest BCUT2D eigenvalue weighted by atomic mass is 10.1. The molecule has 0 bridgehead atoms. The van der Waals surface area contributed by atoms with E-state index in [1.165, 1.54) is 0 Å². The van der Waals surface area contributed by atoms with Crippen molar-refractivity contribution in [2.45, 2.75) is 24.0 Å². The number of hydrogen-bond acceptors (Lipinski definition) is 2. The number of nitrogens with zero attached hydrogens (tertiary/aromatic N) is 1. The Bertz CT molecular complexity index is 357. The van der Waals surface area contributed by atoms with Crippen molar-refractivity contribution in [1.29, 1.82) is 5.26 Å². The van der Waals surface area contributed by atoms with Crippen molar-refractivity contribution in [2.75, 3.05) is 5.88 Å². The van der Waals surface area contributed by atoms with Gasteiger partial charge in [0.2, 0.25) is 0 Å². The summed E-state index contributed by atoms with van der Waals surface area (Å²) in [4.78, 5) is 1.06. The van der Waals surface area contributed by atoms with Gasteiger partial charge < -0.3 is 0 Å². The van der Waals surface area contributed by atoms with Crippen LogP contribution in [-0.4, -0.2) is 11.1 Å². The van der Waals surface area contributed by atoms with Gasteiger partial charge in [0.25, 0.3) is 0 Å². The molecule has 1 atom stereocenters. The summed E-state index contributed by atoms with van der Waals surface area (Å²) in [6.45, 7) is 4.08. The van der Waals surface area contributed by atoms with Crippen molar-refractivity contribution in [1.82, 2.24) is 0 Å². The number of thioether (sulfide) groups is 1. The first kappa shape index (κ1) is 11.4. The molecule has 0 fully saturated rings. The molecule has 0 saturated heterocycles. The molecular weight excluding hydrogens is 214 g/mol. The summed E-state index contributed by atoms with van der Waals surface area (Å²) in [7, 11) is 0. The van der Waals surface area contributed by atoms with Gasteiger partial charge in [-0.1, -0.05) is 19.1 Å². The number of nitriles is 1. The molecule has 0 aliphatic heterocycles. The SMILES string of the molecule is Cc1cccc(C#N)c1SC(C)CCl. The third-order valence-electron chi connectivity index (χ3n) is 1.87. The van der Waals surface area contributed by atoms with Gasteiger partial charge in [0.15, 0.2) is 0 Å². The molecule has 0 aromatic heterocycles. The molecule has 0 N–H and O–H groups in total. The molecule has 1 aromatic rings. The summed E-state index contributed by atoms with van der Waals surface area (Å²) in [6.07, 6.45) is 0. The second-order valence-electron chi connectivity index (χ2n) is 3.15. The van der Waals surface area contributed by atoms with Crippen LogP contribution in [0.1, 0.15) is 18.1 Å². The first-order valence-electron chi connectivity index (χ1n) is 4.41. The van der Waals surface area contributed by atoms with E-state index in [2.05, 4.69) is 13.0 Å². The number of halogens is 1. The van der Waals surface area contributed by atoms with Crippen LogP contribution in [0.4, 0.5) is 0 Å². The van der Waals surface area contributed by atoms with E-state index >= 15 is 0 Å². The van der Waals surface area contributed by atoms with Crippen molar-refractivity contribution in [3.63, 3.8) is 0 Å². The molecule has 0 amide bonds. The van der Waals surface area contributed by atoms with Gasteiger partial charge in [0.1, 0.15) is 6.07 Å². The number of benzene rings is 1. The summed E-state index contributed by atoms with van der Waals surface area (Å²) >= 11 is 7.41. The molecule has 0 aliphatic rings. The summed E-state index contributed by atoms with van der Waals surface area (Å²) < 4.78 is 0. The number of hydrogen-bond donors (Lipinski definition) is 0. The maximum absolute atomic E-state index is 8.93. The highest BCUT2D eigenvalue weighted by molar-refractivity contribution is 8.00. The molecule has 1 aromatic carbocycles. The van der Waals surface area contributed by atoms with Gasteiger partial charge in [-0.15, -0.1) is 23.4 Å². The van der Waals surface area contributed by atoms with Crippen molar-refractivity contribution < 1.29 is 0 Å². The van der Waals surface area contributed by atoms with Crippen LogP contribution < -0.4 is 0 Å². The summed E-state index contributed by atoms with van der Waals surface area (Å²) in [6, 6.07) is 7.97. The number of rotatable bonds is 3. The monoisotopic (exact) mass is 225 g/mol. The highest BCUT2D eigenvalue weighted by atomic mass is 35.5. The van der Waals surface area contributed by atoms with Crippen LogP contribution in [0, 0.1) is 18.3 Å². The lowest BCUT2D eigenvalue weighted by molar-refractivity contribution is 1.11. The third-order valence-corrected chi connectivity index (χ3v) is 3.86. The molecule has 14 heavy (non-hydrogen) atoms. The third kappa shape index (κ3) is 2.67. The quantitative estimate of drug-likeness (QED) is 0.580. The van der Waals surface area contributed by atoms with Gasteiger partial charge in [-0.05, 0) is 18.6 Å². The summed E-state index contributed by atoms with van der Waals surface area (Å²) in [5.41, 5.74) is 1.89. The first-order valence-corrected chi connectivity index (χ1v) is 5.82. The second kappa shape index (κ2) is 5.29. The largest absolute Gasteiger partial charge is 0.192 e. The molecule has 1 unspecified atom stereocenters. The van der Waals surface area contributed by atoms with Crippen molar-refractivity contribution in [3.8, 4) is 6.07 Å². The molecule has 0 spiro atoms. The number of alkyl halides is 1. The van der Waals surface area contributed by atoms with E-state index in [1.807, 2.05) is 25.1 Å². The van der Waals surface area contributed by atoms with E-state index in [9.17, 15) is 0 Å². The van der Waals surface area contributed by atoms with E-state index in [1.54, 1.807) is 11.8 Å². The van der Waals surface area contributed by atoms with Gasteiger partial charge in [0, 0.05) is 16.0 Å². The van der Waals surface area contributed by atoms with Crippen LogP contribution in [0.15, 0.2) is 23.1 Å². The lowest BCUT2D eigenvalue weighted by Gasteiger charge is -2.11. The molecule has 74 valence electrons. The van der Waals surface area contributed by atoms with Crippen molar-refractivity contribution in [3.05, 3.63) is 29.3 Å². The Hall–Kier alpha value is -0.650. The zero-order chi connectivity index (χ0) is 10.6. The van der Waals surface area contributed by atoms with E-state index in [0.29, 0.717) is 11.1 Å². The van der Waals surface area contributed by atoms with Crippen LogP contribution in [0.2, 0.25) is 0 Å². The number of aryl methyl sites for hydroxylation is 1. The Labute approximate surface area is 94.1 Å². The highest BCUT2D eigenvalue weighted by Crippen LogP contribution is 2.30. The maximum atomic E-state index is 8.93. The Kier molecular flexibility index (Phi) is 4.31. The van der Waals surface area contributed by atoms with Gasteiger partial charge in [-0.3, -0.25) is 0 Å². The van der Waals surface area contributed by atoms with Gasteiger partial charge in [-0.25, -0.2) is 0 Å². The van der Waals surface area contributed by atoms with Crippen LogP contribution in [0.25, 0.3) is 0 Å². The van der Waals surface area contributed by atoms with Gasteiger partial charge >= 0.3 is 0 Å². The van der Waals surface area contributed by atoms with E-state index in [0.717, 1.165) is 16.0 Å². The molecule has 3 heteroatoms. The second-order valence-corrected chi connectivity index (χ2v) is 4.90. The van der Waals surface area contributed by atoms with Crippen molar-refractivity contribution >= 4 is 23.4 Å². The Morgan fingerprint density at radius 3 is 2.86 bits per heavy atom. The van der Waals surface area contributed by atoms with Crippen LogP contribution in [-0.2, 0) is 0 Å². The molecule has 1 rings (SSSR count). The lowest BCUT2D eigenvalue weighted by Crippen LogP contribution is -1.98. The molecule has 0 heterocycles. The predicted molar refractivity (Wildman–Crippen MR) is 61.9 cm³/mol. The topological polar surface area (TPSA) is 23.8 Å². The maximum Gasteiger partial charge on any atom is 0.100 e. The first-order chi connectivity index (χ1) is 6.69. The smallest absolute Gasteiger partial charge is 0.100 e. The van der Waals surface area contributed by atoms with E-state index in [-0.39, 0.29) is 0 Å². The fourth-order valence-corrected chi connectivity index (χ4v) is 2.28. The molecule has 0 saturated carbocycles. The van der Waals surface area contributed by atoms with E-state index in [4.69, 9.17) is 16.9 Å². The Morgan fingerprint density at radius 1 is 1.57 bits per heavy atom. The fourth-order valence-electron chi connectivity index (χ4n) is 1.13.